The molecule has 1 aromatic heterocycles. The molecule has 1 heterocycles. The Hall–Kier alpha value is -0.380. The first-order valence-corrected chi connectivity index (χ1v) is 7.67. The predicted molar refractivity (Wildman–Crippen MR) is 83.5 cm³/mol. The van der Waals surface area contributed by atoms with E-state index in [0.29, 0.717) is 5.92 Å². The van der Waals surface area contributed by atoms with E-state index in [0.717, 1.165) is 9.50 Å². The van der Waals surface area contributed by atoms with Crippen molar-refractivity contribution >= 4 is 43.5 Å². The summed E-state index contributed by atoms with van der Waals surface area (Å²) in [6.07, 6.45) is 3.64. The Kier molecular flexibility index (Phi) is 4.82. The highest BCUT2D eigenvalue weighted by molar-refractivity contribution is 9.10. The molecule has 0 aliphatic heterocycles. The number of benzene rings is 1. The van der Waals surface area contributed by atoms with Gasteiger partial charge < -0.3 is 0 Å². The first-order valence-electron chi connectivity index (χ1n) is 5.58. The highest BCUT2D eigenvalue weighted by Gasteiger charge is 2.18. The number of halogens is 3. The molecule has 0 fully saturated rings. The van der Waals surface area contributed by atoms with Crippen LogP contribution in [0.1, 0.15) is 28.8 Å². The van der Waals surface area contributed by atoms with Crippen molar-refractivity contribution in [2.45, 2.75) is 17.7 Å². The smallest absolute Gasteiger partial charge is 0.0551 e. The lowest BCUT2D eigenvalue weighted by Gasteiger charge is -2.19. The van der Waals surface area contributed by atoms with Gasteiger partial charge in [-0.05, 0) is 57.2 Å². The van der Waals surface area contributed by atoms with Crippen molar-refractivity contribution in [1.82, 2.24) is 4.98 Å². The van der Waals surface area contributed by atoms with Gasteiger partial charge in [-0.3, -0.25) is 4.98 Å². The fourth-order valence-electron chi connectivity index (χ4n) is 1.81. The maximum absolute atomic E-state index is 6.13. The van der Waals surface area contributed by atoms with Gasteiger partial charge in [0.2, 0.25) is 0 Å². The molecule has 2 atom stereocenters. The van der Waals surface area contributed by atoms with Crippen molar-refractivity contribution in [2.75, 3.05) is 0 Å². The monoisotopic (exact) mass is 387 g/mol. The molecule has 0 radical (unpaired) electrons. The summed E-state index contributed by atoms with van der Waals surface area (Å²) in [4.78, 5) is 4.27. The summed E-state index contributed by atoms with van der Waals surface area (Å²) in [5.41, 5.74) is 2.43. The summed E-state index contributed by atoms with van der Waals surface area (Å²) < 4.78 is 0.921. The lowest BCUT2D eigenvalue weighted by molar-refractivity contribution is 0.750. The molecule has 0 N–H and O–H groups in total. The molecular formula is C14H12Br2ClN. The van der Waals surface area contributed by atoms with Crippen LogP contribution in [0.2, 0.25) is 5.02 Å². The summed E-state index contributed by atoms with van der Waals surface area (Å²) >= 11 is 13.3. The van der Waals surface area contributed by atoms with Crippen LogP contribution in [0.3, 0.4) is 0 Å². The first-order chi connectivity index (χ1) is 8.59. The van der Waals surface area contributed by atoms with Crippen LogP contribution < -0.4 is 0 Å². The van der Waals surface area contributed by atoms with Gasteiger partial charge in [-0.2, -0.15) is 0 Å². The second-order valence-electron chi connectivity index (χ2n) is 4.14. The third kappa shape index (κ3) is 3.14. The van der Waals surface area contributed by atoms with E-state index in [1.165, 1.54) is 11.1 Å². The third-order valence-corrected chi connectivity index (χ3v) is 5.49. The van der Waals surface area contributed by atoms with Gasteiger partial charge >= 0.3 is 0 Å². The van der Waals surface area contributed by atoms with E-state index >= 15 is 0 Å². The van der Waals surface area contributed by atoms with Gasteiger partial charge in [0, 0.05) is 21.7 Å². The van der Waals surface area contributed by atoms with Crippen LogP contribution in [0.15, 0.2) is 47.2 Å². The Morgan fingerprint density at radius 3 is 2.39 bits per heavy atom. The average Bonchev–Trinajstić information content (AvgIpc) is 2.41. The molecule has 0 bridgehead atoms. The molecule has 0 amide bonds. The van der Waals surface area contributed by atoms with E-state index in [1.807, 2.05) is 36.7 Å². The topological polar surface area (TPSA) is 12.9 Å². The Labute approximate surface area is 129 Å². The van der Waals surface area contributed by atoms with E-state index in [4.69, 9.17) is 11.6 Å². The molecule has 0 spiro atoms. The lowest BCUT2D eigenvalue weighted by atomic mass is 9.94. The van der Waals surface area contributed by atoms with Crippen LogP contribution in [0.4, 0.5) is 0 Å². The highest BCUT2D eigenvalue weighted by Crippen LogP contribution is 2.39. The Bertz CT molecular complexity index is 531. The lowest BCUT2D eigenvalue weighted by Crippen LogP contribution is -2.02. The number of alkyl halides is 1. The number of hydrogen-bond acceptors (Lipinski definition) is 1. The van der Waals surface area contributed by atoms with E-state index in [1.54, 1.807) is 0 Å². The van der Waals surface area contributed by atoms with Crippen LogP contribution in [0.25, 0.3) is 0 Å². The zero-order chi connectivity index (χ0) is 13.1. The number of rotatable bonds is 3. The normalized spacial score (nSPS) is 14.2. The summed E-state index contributed by atoms with van der Waals surface area (Å²) in [5, 5.41) is 0.735. The SMILES string of the molecule is CC(c1ccncc1)C(Br)c1ccc(Br)c(Cl)c1. The number of aromatic nitrogens is 1. The molecule has 4 heteroatoms. The minimum absolute atomic E-state index is 0.227. The molecule has 94 valence electrons. The molecule has 2 unspecified atom stereocenters. The van der Waals surface area contributed by atoms with Crippen LogP contribution in [-0.2, 0) is 0 Å². The number of nitrogens with zero attached hydrogens (tertiary/aromatic N) is 1. The Morgan fingerprint density at radius 1 is 1.11 bits per heavy atom. The van der Waals surface area contributed by atoms with Gasteiger partial charge in [-0.1, -0.05) is 40.5 Å². The van der Waals surface area contributed by atoms with Crippen molar-refractivity contribution in [3.05, 3.63) is 63.3 Å². The summed E-state index contributed by atoms with van der Waals surface area (Å²) in [7, 11) is 0. The van der Waals surface area contributed by atoms with Crippen LogP contribution >= 0.6 is 43.5 Å². The third-order valence-electron chi connectivity index (χ3n) is 2.93. The van der Waals surface area contributed by atoms with Crippen molar-refractivity contribution in [1.29, 1.82) is 0 Å². The molecule has 0 saturated carbocycles. The Morgan fingerprint density at radius 2 is 1.78 bits per heavy atom. The quantitative estimate of drug-likeness (QED) is 0.610. The molecule has 0 saturated heterocycles. The molecule has 18 heavy (non-hydrogen) atoms. The second kappa shape index (κ2) is 6.18. The fourth-order valence-corrected chi connectivity index (χ4v) is 2.83. The van der Waals surface area contributed by atoms with Crippen LogP contribution in [-0.4, -0.2) is 4.98 Å². The molecule has 2 aromatic rings. The molecule has 1 nitrogen and oxygen atoms in total. The van der Waals surface area contributed by atoms with Gasteiger partial charge in [0.25, 0.3) is 0 Å². The van der Waals surface area contributed by atoms with E-state index in [-0.39, 0.29) is 4.83 Å². The minimum atomic E-state index is 0.227. The minimum Gasteiger partial charge on any atom is -0.265 e. The first kappa shape index (κ1) is 14.0. The molecule has 0 aliphatic carbocycles. The maximum atomic E-state index is 6.13. The molecule has 0 aliphatic rings. The van der Waals surface area contributed by atoms with Gasteiger partial charge in [-0.15, -0.1) is 0 Å². The largest absolute Gasteiger partial charge is 0.265 e. The van der Waals surface area contributed by atoms with Crippen LogP contribution in [0.5, 0.6) is 0 Å². The van der Waals surface area contributed by atoms with Crippen molar-refractivity contribution in [2.24, 2.45) is 0 Å². The zero-order valence-electron chi connectivity index (χ0n) is 9.78. The van der Waals surface area contributed by atoms with E-state index < -0.39 is 0 Å². The van der Waals surface area contributed by atoms with E-state index in [9.17, 15) is 0 Å². The summed E-state index contributed by atoms with van der Waals surface area (Å²) in [6.45, 7) is 2.19. The standard InChI is InChI=1S/C14H12Br2ClN/c1-9(10-4-6-18-7-5-10)14(16)11-2-3-12(15)13(17)8-11/h2-9,14H,1H3. The second-order valence-corrected chi connectivity index (χ2v) is 6.39. The summed E-state index contributed by atoms with van der Waals surface area (Å²) in [6, 6.07) is 10.1. The molecule has 1 aromatic carbocycles. The molecule has 2 rings (SSSR count). The molecular weight excluding hydrogens is 377 g/mol. The van der Waals surface area contributed by atoms with E-state index in [2.05, 4.69) is 49.8 Å². The van der Waals surface area contributed by atoms with Crippen molar-refractivity contribution in [3.8, 4) is 0 Å². The van der Waals surface area contributed by atoms with Crippen molar-refractivity contribution < 1.29 is 0 Å². The highest BCUT2D eigenvalue weighted by atomic mass is 79.9. The number of pyridine rings is 1. The number of hydrogen-bond donors (Lipinski definition) is 0. The Balaban J connectivity index is 2.25. The van der Waals surface area contributed by atoms with Gasteiger partial charge in [0.05, 0.1) is 5.02 Å². The van der Waals surface area contributed by atoms with Crippen molar-refractivity contribution in [3.63, 3.8) is 0 Å². The van der Waals surface area contributed by atoms with Gasteiger partial charge in [0.1, 0.15) is 0 Å². The van der Waals surface area contributed by atoms with Gasteiger partial charge in [-0.25, -0.2) is 0 Å². The fraction of sp³-hybridized carbons (Fsp3) is 0.214. The maximum Gasteiger partial charge on any atom is 0.0551 e. The summed E-state index contributed by atoms with van der Waals surface area (Å²) in [5.74, 6) is 0.352. The predicted octanol–water partition coefficient (Wildman–Crippen LogP) is 5.74. The zero-order valence-corrected chi connectivity index (χ0v) is 13.7. The average molecular weight is 390 g/mol. The van der Waals surface area contributed by atoms with Crippen LogP contribution in [0, 0.1) is 0 Å². The van der Waals surface area contributed by atoms with Gasteiger partial charge in [0.15, 0.2) is 0 Å².